The van der Waals surface area contributed by atoms with Crippen LogP contribution >= 0.6 is 0 Å². The average Bonchev–Trinajstić information content (AvgIpc) is 2.93. The van der Waals surface area contributed by atoms with Gasteiger partial charge in [0.1, 0.15) is 18.2 Å². The van der Waals surface area contributed by atoms with Crippen molar-refractivity contribution in [3.05, 3.63) is 46.5 Å². The predicted octanol–water partition coefficient (Wildman–Crippen LogP) is 1.56. The first-order chi connectivity index (χ1) is 19.5. The molecule has 0 radical (unpaired) electrons. The molecular weight excluding hydrogens is 532 g/mol. The van der Waals surface area contributed by atoms with E-state index in [4.69, 9.17) is 9.84 Å². The molecule has 0 spiro atoms. The van der Waals surface area contributed by atoms with Crippen LogP contribution in [-0.2, 0) is 9.53 Å². The monoisotopic (exact) mass is 572 g/mol. The average molecular weight is 573 g/mol. The molecule has 12 nitrogen and oxygen atoms in total. The van der Waals surface area contributed by atoms with Crippen LogP contribution in [0, 0.1) is 5.41 Å². The number of aromatic hydroxyl groups is 2. The second-order valence-electron chi connectivity index (χ2n) is 10.6. The summed E-state index contributed by atoms with van der Waals surface area (Å²) in [4.78, 5) is 39.1. The Hall–Kier alpha value is -3.71. The molecule has 1 aliphatic carbocycles. The molecular formula is C29H40N4O8. The number of phenolic OH excluding ortho intramolecular Hbond substituents is 2. The molecule has 0 amide bonds. The van der Waals surface area contributed by atoms with Crippen molar-refractivity contribution in [2.24, 2.45) is 5.41 Å². The maximum atomic E-state index is 13.6. The second kappa shape index (κ2) is 14.3. The first-order valence-corrected chi connectivity index (χ1v) is 13.6. The lowest BCUT2D eigenvalue weighted by atomic mass is 9.81. The summed E-state index contributed by atoms with van der Waals surface area (Å²) in [5.41, 5.74) is 0.0208. The third-order valence-electron chi connectivity index (χ3n) is 7.24. The lowest BCUT2D eigenvalue weighted by molar-refractivity contribution is -0.145. The van der Waals surface area contributed by atoms with Gasteiger partial charge in [0.2, 0.25) is 11.6 Å². The van der Waals surface area contributed by atoms with Gasteiger partial charge in [0, 0.05) is 50.5 Å². The van der Waals surface area contributed by atoms with Crippen LogP contribution in [0.1, 0.15) is 65.5 Å². The highest BCUT2D eigenvalue weighted by molar-refractivity contribution is 6.33. The molecule has 0 aromatic heterocycles. The van der Waals surface area contributed by atoms with Gasteiger partial charge in [-0.2, -0.15) is 0 Å². The fourth-order valence-electron chi connectivity index (χ4n) is 4.34. The third kappa shape index (κ3) is 7.73. The quantitative estimate of drug-likeness (QED) is 0.0536. The van der Waals surface area contributed by atoms with E-state index < -0.39 is 34.6 Å². The van der Waals surface area contributed by atoms with Crippen molar-refractivity contribution >= 4 is 28.9 Å². The van der Waals surface area contributed by atoms with Gasteiger partial charge in [0.05, 0.1) is 35.0 Å². The van der Waals surface area contributed by atoms with Crippen LogP contribution < -0.4 is 21.3 Å². The van der Waals surface area contributed by atoms with Gasteiger partial charge in [-0.1, -0.05) is 13.8 Å². The van der Waals surface area contributed by atoms with Crippen molar-refractivity contribution in [3.8, 4) is 11.5 Å². The Morgan fingerprint density at radius 2 is 1.34 bits per heavy atom. The maximum absolute atomic E-state index is 13.6. The Balaban J connectivity index is 1.68. The Morgan fingerprint density at radius 1 is 0.829 bits per heavy atom. The van der Waals surface area contributed by atoms with Gasteiger partial charge in [0.25, 0.3) is 0 Å². The fraction of sp³-hybridized carbons (Fsp3) is 0.483. The number of rotatable bonds is 16. The molecule has 1 atom stereocenters. The zero-order valence-electron chi connectivity index (χ0n) is 23.7. The van der Waals surface area contributed by atoms with Gasteiger partial charge in [-0.3, -0.25) is 19.7 Å². The summed E-state index contributed by atoms with van der Waals surface area (Å²) in [6.45, 7) is 7.42. The van der Waals surface area contributed by atoms with Crippen LogP contribution in [0.4, 0.5) is 11.4 Å². The summed E-state index contributed by atoms with van der Waals surface area (Å²) >= 11 is 0. The molecule has 0 saturated heterocycles. The minimum atomic E-state index is -0.602. The standard InChI is InChI=1S/C29H40N4O8/c1-17(35)29(2,3)9-8-22(38)41-16-31-11-13-33-19-5-4-18(32-12-10-30-14-15-34)23-24(19)28(40)26-21(37)7-6-20(36)25(26)27(23)39/h4-7,17,30-37H,8-16H2,1-3H3. The van der Waals surface area contributed by atoms with Gasteiger partial charge in [0.15, 0.2) is 0 Å². The lowest BCUT2D eigenvalue weighted by Gasteiger charge is -2.27. The van der Waals surface area contributed by atoms with Crippen molar-refractivity contribution in [2.75, 3.05) is 56.7 Å². The zero-order chi connectivity index (χ0) is 30.2. The van der Waals surface area contributed by atoms with Crippen molar-refractivity contribution in [1.29, 1.82) is 0 Å². The Morgan fingerprint density at radius 3 is 1.83 bits per heavy atom. The van der Waals surface area contributed by atoms with E-state index in [0.717, 1.165) is 0 Å². The highest BCUT2D eigenvalue weighted by Crippen LogP contribution is 2.42. The number of nitrogens with one attached hydrogen (secondary N) is 4. The van der Waals surface area contributed by atoms with E-state index in [-0.39, 0.29) is 48.0 Å². The number of carbonyl (C=O) groups excluding carboxylic acids is 3. The number of fused-ring (bicyclic) bond motifs is 2. The molecule has 0 aliphatic heterocycles. The number of ketones is 2. The number of phenols is 2. The Bertz CT molecular complexity index is 1260. The molecule has 224 valence electrons. The van der Waals surface area contributed by atoms with Crippen LogP contribution in [0.3, 0.4) is 0 Å². The van der Waals surface area contributed by atoms with Crippen LogP contribution in [0.25, 0.3) is 0 Å². The largest absolute Gasteiger partial charge is 0.507 e. The van der Waals surface area contributed by atoms with Gasteiger partial charge >= 0.3 is 5.97 Å². The van der Waals surface area contributed by atoms with E-state index in [1.165, 1.54) is 12.1 Å². The number of hydrogen-bond acceptors (Lipinski definition) is 12. The van der Waals surface area contributed by atoms with Crippen molar-refractivity contribution in [1.82, 2.24) is 10.6 Å². The molecule has 1 aliphatic rings. The van der Waals surface area contributed by atoms with Gasteiger partial charge in [-0.15, -0.1) is 0 Å². The zero-order valence-corrected chi connectivity index (χ0v) is 23.7. The molecule has 0 heterocycles. The highest BCUT2D eigenvalue weighted by Gasteiger charge is 2.38. The molecule has 0 saturated carbocycles. The Kier molecular flexibility index (Phi) is 11.1. The van der Waals surface area contributed by atoms with E-state index >= 15 is 0 Å². The van der Waals surface area contributed by atoms with Crippen molar-refractivity contribution < 1.29 is 39.5 Å². The van der Waals surface area contributed by atoms with Crippen molar-refractivity contribution in [2.45, 2.75) is 39.7 Å². The summed E-state index contributed by atoms with van der Waals surface area (Å²) in [6.07, 6.45) is 0.125. The van der Waals surface area contributed by atoms with Gasteiger partial charge in [-0.25, -0.2) is 0 Å². The number of hydrogen-bond donors (Lipinski definition) is 8. The number of ether oxygens (including phenoxy) is 1. The highest BCUT2D eigenvalue weighted by atomic mass is 16.5. The number of esters is 1. The number of carbonyl (C=O) groups is 3. The molecule has 41 heavy (non-hydrogen) atoms. The second-order valence-corrected chi connectivity index (χ2v) is 10.6. The predicted molar refractivity (Wildman–Crippen MR) is 154 cm³/mol. The van der Waals surface area contributed by atoms with Crippen LogP contribution in [0.15, 0.2) is 24.3 Å². The summed E-state index contributed by atoms with van der Waals surface area (Å²) in [6, 6.07) is 5.66. The molecule has 8 N–H and O–H groups in total. The smallest absolute Gasteiger partial charge is 0.307 e. The summed E-state index contributed by atoms with van der Waals surface area (Å²) < 4.78 is 5.20. The van der Waals surface area contributed by atoms with E-state index in [0.29, 0.717) is 50.5 Å². The maximum Gasteiger partial charge on any atom is 0.307 e. The molecule has 3 rings (SSSR count). The number of benzene rings is 2. The number of aliphatic hydroxyl groups excluding tert-OH is 2. The molecule has 2 aromatic rings. The van der Waals surface area contributed by atoms with E-state index in [1.807, 2.05) is 13.8 Å². The molecule has 12 heteroatoms. The minimum Gasteiger partial charge on any atom is -0.507 e. The first-order valence-electron chi connectivity index (χ1n) is 13.6. The molecule has 0 fully saturated rings. The van der Waals surface area contributed by atoms with Crippen molar-refractivity contribution in [3.63, 3.8) is 0 Å². The van der Waals surface area contributed by atoms with Gasteiger partial charge < -0.3 is 41.1 Å². The number of anilines is 2. The van der Waals surface area contributed by atoms with Crippen LogP contribution in [0.5, 0.6) is 11.5 Å². The van der Waals surface area contributed by atoms with Crippen LogP contribution in [0.2, 0.25) is 0 Å². The van der Waals surface area contributed by atoms with Crippen LogP contribution in [-0.4, -0.2) is 90.1 Å². The molecule has 1 unspecified atom stereocenters. The third-order valence-corrected chi connectivity index (χ3v) is 7.24. The number of aliphatic hydroxyl groups is 2. The Labute approximate surface area is 239 Å². The SMILES string of the molecule is CC(O)C(C)(C)CCC(=O)OCNCCNc1ccc(NCCNCCO)c2c1C(=O)c1c(O)ccc(O)c1C2=O. The minimum absolute atomic E-state index is 0.0120. The molecule has 2 aromatic carbocycles. The molecule has 0 bridgehead atoms. The fourth-order valence-corrected chi connectivity index (χ4v) is 4.34. The van der Waals surface area contributed by atoms with E-state index in [2.05, 4.69) is 21.3 Å². The van der Waals surface area contributed by atoms with E-state index in [1.54, 1.807) is 19.1 Å². The van der Waals surface area contributed by atoms with Gasteiger partial charge in [-0.05, 0) is 43.0 Å². The normalized spacial score (nSPS) is 13.4. The first kappa shape index (κ1) is 31.8. The topological polar surface area (TPSA) is 189 Å². The summed E-state index contributed by atoms with van der Waals surface area (Å²) in [7, 11) is 0. The lowest BCUT2D eigenvalue weighted by Crippen LogP contribution is -2.30. The summed E-state index contributed by atoms with van der Waals surface area (Å²) in [5, 5.41) is 51.7. The summed E-state index contributed by atoms with van der Waals surface area (Å²) in [5.74, 6) is -2.38. The van der Waals surface area contributed by atoms with E-state index in [9.17, 15) is 29.7 Å².